The second kappa shape index (κ2) is 10.2. The van der Waals surface area contributed by atoms with E-state index in [9.17, 15) is 19.7 Å². The molecule has 3 atom stereocenters. The zero-order valence-corrected chi connectivity index (χ0v) is 19.7. The molecule has 2 aromatic rings. The van der Waals surface area contributed by atoms with Gasteiger partial charge in [-0.1, -0.05) is 38.1 Å². The first-order valence-electron chi connectivity index (χ1n) is 11.9. The number of nitrogens with zero attached hydrogens (tertiary/aromatic N) is 2. The second-order valence-corrected chi connectivity index (χ2v) is 9.60. The van der Waals surface area contributed by atoms with Crippen molar-refractivity contribution in [2.24, 2.45) is 11.8 Å². The topological polar surface area (TPSA) is 102 Å². The van der Waals surface area contributed by atoms with Crippen molar-refractivity contribution in [2.45, 2.75) is 45.6 Å². The number of rotatable bonds is 6. The minimum absolute atomic E-state index is 0.0596. The van der Waals surface area contributed by atoms with Crippen LogP contribution in [0.4, 0.5) is 11.4 Å². The van der Waals surface area contributed by atoms with Crippen LogP contribution in [-0.4, -0.2) is 36.5 Å². The van der Waals surface area contributed by atoms with Crippen molar-refractivity contribution in [2.75, 3.05) is 24.6 Å². The normalized spacial score (nSPS) is 21.9. The number of hydrogen-bond donors (Lipinski definition) is 1. The molecule has 0 spiro atoms. The van der Waals surface area contributed by atoms with Gasteiger partial charge in [0.15, 0.2) is 6.61 Å². The third kappa shape index (κ3) is 5.38. The van der Waals surface area contributed by atoms with Gasteiger partial charge in [0.2, 0.25) is 0 Å². The molecule has 180 valence electrons. The first-order valence-corrected chi connectivity index (χ1v) is 11.9. The molecule has 4 rings (SSSR count). The Labute approximate surface area is 199 Å². The standard InChI is InChI=1S/C26H31N3O5/c1-17-12-18(2)15-28(14-17)23-11-10-20(13-24(23)29(32)33)26(31)34-16-25(30)27-22-9-5-7-19-6-3-4-8-21(19)22/h3-4,6,8,10-11,13,17-18,22H,5,7,9,12,14-16H2,1-2H3,(H,27,30)/t17-,18-,22-/m1/s1. The molecule has 8 nitrogen and oxygen atoms in total. The van der Waals surface area contributed by atoms with Crippen molar-refractivity contribution < 1.29 is 19.2 Å². The molecule has 1 aliphatic heterocycles. The van der Waals surface area contributed by atoms with Gasteiger partial charge in [0.25, 0.3) is 11.6 Å². The van der Waals surface area contributed by atoms with Gasteiger partial charge in [-0.15, -0.1) is 0 Å². The minimum Gasteiger partial charge on any atom is -0.452 e. The lowest BCUT2D eigenvalue weighted by Crippen LogP contribution is -2.39. The SMILES string of the molecule is C[C@@H]1C[C@@H](C)CN(c2ccc(C(=O)OCC(=O)N[C@@H]3CCCc4ccccc43)cc2[N+](=O)[O-])C1. The molecule has 0 aromatic heterocycles. The van der Waals surface area contributed by atoms with Crippen LogP contribution in [0.15, 0.2) is 42.5 Å². The van der Waals surface area contributed by atoms with Crippen molar-refractivity contribution in [1.82, 2.24) is 5.32 Å². The molecule has 1 N–H and O–H groups in total. The van der Waals surface area contributed by atoms with Crippen molar-refractivity contribution in [3.05, 3.63) is 69.3 Å². The Balaban J connectivity index is 1.40. The van der Waals surface area contributed by atoms with Crippen LogP contribution in [0, 0.1) is 22.0 Å². The number of fused-ring (bicyclic) bond motifs is 1. The first-order chi connectivity index (χ1) is 16.3. The zero-order valence-electron chi connectivity index (χ0n) is 19.7. The third-order valence-electron chi connectivity index (χ3n) is 6.66. The number of esters is 1. The van der Waals surface area contributed by atoms with E-state index in [1.807, 2.05) is 23.1 Å². The van der Waals surface area contributed by atoms with Crippen LogP contribution in [-0.2, 0) is 16.0 Å². The van der Waals surface area contributed by atoms with Gasteiger partial charge < -0.3 is 15.0 Å². The van der Waals surface area contributed by atoms with E-state index in [2.05, 4.69) is 25.2 Å². The van der Waals surface area contributed by atoms with E-state index >= 15 is 0 Å². The highest BCUT2D eigenvalue weighted by molar-refractivity contribution is 5.93. The van der Waals surface area contributed by atoms with Crippen LogP contribution in [0.2, 0.25) is 0 Å². The van der Waals surface area contributed by atoms with Crippen LogP contribution < -0.4 is 10.2 Å². The quantitative estimate of drug-likeness (QED) is 0.385. The number of aryl methyl sites for hydroxylation is 1. The number of ether oxygens (including phenoxy) is 1. The molecule has 1 fully saturated rings. The monoisotopic (exact) mass is 465 g/mol. The summed E-state index contributed by atoms with van der Waals surface area (Å²) in [6, 6.07) is 12.3. The molecule has 1 amide bonds. The molecule has 0 unspecified atom stereocenters. The number of piperidine rings is 1. The molecule has 0 radical (unpaired) electrons. The van der Waals surface area contributed by atoms with E-state index in [0.717, 1.165) is 44.3 Å². The highest BCUT2D eigenvalue weighted by atomic mass is 16.6. The fourth-order valence-electron chi connectivity index (χ4n) is 5.28. The Bertz CT molecular complexity index is 1080. The average Bonchev–Trinajstić information content (AvgIpc) is 2.81. The molecule has 2 aromatic carbocycles. The maximum Gasteiger partial charge on any atom is 0.338 e. The van der Waals surface area contributed by atoms with E-state index < -0.39 is 23.4 Å². The summed E-state index contributed by atoms with van der Waals surface area (Å²) in [5.74, 6) is -0.281. The molecule has 2 aliphatic rings. The fraction of sp³-hybridized carbons (Fsp3) is 0.462. The van der Waals surface area contributed by atoms with Crippen LogP contribution in [0.5, 0.6) is 0 Å². The smallest absolute Gasteiger partial charge is 0.338 e. The van der Waals surface area contributed by atoms with Crippen molar-refractivity contribution in [3.8, 4) is 0 Å². The van der Waals surface area contributed by atoms with Gasteiger partial charge in [-0.2, -0.15) is 0 Å². The summed E-state index contributed by atoms with van der Waals surface area (Å²) in [6.07, 6.45) is 3.88. The van der Waals surface area contributed by atoms with E-state index in [1.165, 1.54) is 17.7 Å². The molecule has 1 saturated heterocycles. The molecule has 8 heteroatoms. The predicted octanol–water partition coefficient (Wildman–Crippen LogP) is 4.43. The average molecular weight is 466 g/mol. The number of carbonyl (C=O) groups excluding carboxylic acids is 2. The van der Waals surface area contributed by atoms with E-state index in [-0.39, 0.29) is 17.3 Å². The van der Waals surface area contributed by atoms with Gasteiger partial charge in [-0.3, -0.25) is 14.9 Å². The van der Waals surface area contributed by atoms with Gasteiger partial charge in [-0.25, -0.2) is 4.79 Å². The molecule has 0 saturated carbocycles. The maximum atomic E-state index is 12.6. The second-order valence-electron chi connectivity index (χ2n) is 9.60. The summed E-state index contributed by atoms with van der Waals surface area (Å²) < 4.78 is 5.19. The third-order valence-corrected chi connectivity index (χ3v) is 6.66. The van der Waals surface area contributed by atoms with E-state index in [1.54, 1.807) is 6.07 Å². The van der Waals surface area contributed by atoms with Crippen molar-refractivity contribution in [3.63, 3.8) is 0 Å². The number of nitrogens with one attached hydrogen (secondary N) is 1. The van der Waals surface area contributed by atoms with Gasteiger partial charge in [0.1, 0.15) is 5.69 Å². The summed E-state index contributed by atoms with van der Waals surface area (Å²) >= 11 is 0. The number of benzene rings is 2. The highest BCUT2D eigenvalue weighted by Crippen LogP contribution is 2.34. The lowest BCUT2D eigenvalue weighted by Gasteiger charge is -2.36. The summed E-state index contributed by atoms with van der Waals surface area (Å²) in [4.78, 5) is 38.3. The number of carbonyl (C=O) groups is 2. The van der Waals surface area contributed by atoms with Gasteiger partial charge >= 0.3 is 5.97 Å². The van der Waals surface area contributed by atoms with E-state index in [4.69, 9.17) is 4.74 Å². The zero-order chi connectivity index (χ0) is 24.2. The molecular weight excluding hydrogens is 434 g/mol. The van der Waals surface area contributed by atoms with Gasteiger partial charge in [0, 0.05) is 19.2 Å². The Morgan fingerprint density at radius 1 is 1.15 bits per heavy atom. The summed E-state index contributed by atoms with van der Waals surface area (Å²) in [6.45, 7) is 5.31. The van der Waals surface area contributed by atoms with Crippen molar-refractivity contribution >= 4 is 23.3 Å². The van der Waals surface area contributed by atoms with Crippen LogP contribution in [0.1, 0.15) is 60.6 Å². The predicted molar refractivity (Wildman–Crippen MR) is 129 cm³/mol. The fourth-order valence-corrected chi connectivity index (χ4v) is 5.28. The number of anilines is 1. The van der Waals surface area contributed by atoms with Gasteiger partial charge in [0.05, 0.1) is 16.5 Å². The molecule has 1 heterocycles. The van der Waals surface area contributed by atoms with Gasteiger partial charge in [-0.05, 0) is 60.8 Å². The lowest BCUT2D eigenvalue weighted by molar-refractivity contribution is -0.384. The molecule has 34 heavy (non-hydrogen) atoms. The molecule has 1 aliphatic carbocycles. The summed E-state index contributed by atoms with van der Waals surface area (Å²) in [5.41, 5.74) is 2.76. The van der Waals surface area contributed by atoms with Crippen LogP contribution in [0.3, 0.4) is 0 Å². The number of hydrogen-bond acceptors (Lipinski definition) is 6. The number of amides is 1. The van der Waals surface area contributed by atoms with E-state index in [0.29, 0.717) is 17.5 Å². The Morgan fingerprint density at radius 3 is 2.62 bits per heavy atom. The van der Waals surface area contributed by atoms with Crippen molar-refractivity contribution in [1.29, 1.82) is 0 Å². The largest absolute Gasteiger partial charge is 0.452 e. The number of nitro groups is 1. The maximum absolute atomic E-state index is 12.6. The Morgan fingerprint density at radius 2 is 1.88 bits per heavy atom. The highest BCUT2D eigenvalue weighted by Gasteiger charge is 2.28. The Hall–Kier alpha value is -3.42. The van der Waals surface area contributed by atoms with Crippen LogP contribution in [0.25, 0.3) is 0 Å². The lowest BCUT2D eigenvalue weighted by atomic mass is 9.88. The van der Waals surface area contributed by atoms with Crippen LogP contribution >= 0.6 is 0 Å². The summed E-state index contributed by atoms with van der Waals surface area (Å²) in [5, 5.41) is 14.7. The number of nitro benzene ring substituents is 1. The Kier molecular flexibility index (Phi) is 7.14. The summed E-state index contributed by atoms with van der Waals surface area (Å²) in [7, 11) is 0. The molecule has 0 bridgehead atoms. The minimum atomic E-state index is -0.755. The molecular formula is C26H31N3O5. The first kappa shape index (κ1) is 23.7.